The van der Waals surface area contributed by atoms with Crippen LogP contribution in [0.3, 0.4) is 0 Å². The molecule has 1 aliphatic heterocycles. The van der Waals surface area contributed by atoms with E-state index in [1.807, 2.05) is 0 Å². The Morgan fingerprint density at radius 1 is 1.24 bits per heavy atom. The SMILES string of the molecule is CC(C)c1ccc(C2C(C#N)=C(N)Oc3n[nH]c(C(C)(C)C)c32)cc1. The molecule has 1 aromatic heterocycles. The van der Waals surface area contributed by atoms with Gasteiger partial charge in [-0.05, 0) is 17.0 Å². The summed E-state index contributed by atoms with van der Waals surface area (Å²) in [6.07, 6.45) is 0. The topological polar surface area (TPSA) is 87.7 Å². The number of nitrogens with two attached hydrogens (primary N) is 1. The first-order valence-corrected chi connectivity index (χ1v) is 8.50. The van der Waals surface area contributed by atoms with Gasteiger partial charge in [-0.15, -0.1) is 5.10 Å². The molecule has 1 unspecified atom stereocenters. The largest absolute Gasteiger partial charge is 0.420 e. The Balaban J connectivity index is 2.20. The minimum atomic E-state index is -0.275. The third kappa shape index (κ3) is 2.89. The van der Waals surface area contributed by atoms with Gasteiger partial charge in [-0.2, -0.15) is 5.26 Å². The Morgan fingerprint density at radius 3 is 2.40 bits per heavy atom. The number of nitriles is 1. The van der Waals surface area contributed by atoms with Crippen molar-refractivity contribution in [1.29, 1.82) is 5.26 Å². The van der Waals surface area contributed by atoms with Crippen LogP contribution in [0.1, 0.15) is 68.8 Å². The van der Waals surface area contributed by atoms with Gasteiger partial charge < -0.3 is 10.5 Å². The summed E-state index contributed by atoms with van der Waals surface area (Å²) >= 11 is 0. The van der Waals surface area contributed by atoms with Crippen molar-refractivity contribution in [2.24, 2.45) is 5.73 Å². The lowest BCUT2D eigenvalue weighted by molar-refractivity contribution is 0.378. The molecule has 5 heteroatoms. The van der Waals surface area contributed by atoms with Crippen LogP contribution < -0.4 is 10.5 Å². The molecule has 0 radical (unpaired) electrons. The molecule has 2 aromatic rings. The molecule has 1 atom stereocenters. The molecule has 130 valence electrons. The molecule has 3 rings (SSSR count). The number of H-pyrrole nitrogens is 1. The molecule has 1 aromatic carbocycles. The van der Waals surface area contributed by atoms with Gasteiger partial charge in [0.05, 0.1) is 11.5 Å². The van der Waals surface area contributed by atoms with Crippen LogP contribution in [-0.4, -0.2) is 10.2 Å². The zero-order chi connectivity index (χ0) is 18.4. The molecule has 25 heavy (non-hydrogen) atoms. The van der Waals surface area contributed by atoms with Crippen LogP contribution in [0.4, 0.5) is 0 Å². The van der Waals surface area contributed by atoms with Gasteiger partial charge in [0, 0.05) is 11.1 Å². The Morgan fingerprint density at radius 2 is 1.88 bits per heavy atom. The lowest BCUT2D eigenvalue weighted by Crippen LogP contribution is -2.23. The third-order valence-corrected chi connectivity index (χ3v) is 4.63. The van der Waals surface area contributed by atoms with E-state index in [-0.39, 0.29) is 17.2 Å². The van der Waals surface area contributed by atoms with Gasteiger partial charge in [0.1, 0.15) is 11.6 Å². The minimum absolute atomic E-state index is 0.125. The summed E-state index contributed by atoms with van der Waals surface area (Å²) in [5, 5.41) is 17.1. The molecular weight excluding hydrogens is 312 g/mol. The molecule has 2 heterocycles. The van der Waals surface area contributed by atoms with E-state index in [9.17, 15) is 5.26 Å². The van der Waals surface area contributed by atoms with Gasteiger partial charge in [0.2, 0.25) is 11.8 Å². The first-order valence-electron chi connectivity index (χ1n) is 8.50. The van der Waals surface area contributed by atoms with E-state index in [4.69, 9.17) is 10.5 Å². The van der Waals surface area contributed by atoms with Gasteiger partial charge in [-0.3, -0.25) is 5.10 Å². The molecule has 0 saturated carbocycles. The van der Waals surface area contributed by atoms with Gasteiger partial charge in [-0.25, -0.2) is 0 Å². The Labute approximate surface area is 148 Å². The highest BCUT2D eigenvalue weighted by Gasteiger charge is 2.37. The predicted molar refractivity (Wildman–Crippen MR) is 97.1 cm³/mol. The predicted octanol–water partition coefficient (Wildman–Crippen LogP) is 4.05. The second kappa shape index (κ2) is 5.96. The van der Waals surface area contributed by atoms with Gasteiger partial charge >= 0.3 is 0 Å². The van der Waals surface area contributed by atoms with Crippen molar-refractivity contribution in [2.75, 3.05) is 0 Å². The zero-order valence-corrected chi connectivity index (χ0v) is 15.3. The monoisotopic (exact) mass is 336 g/mol. The van der Waals surface area contributed by atoms with Gasteiger partial charge in [0.25, 0.3) is 0 Å². The van der Waals surface area contributed by atoms with E-state index < -0.39 is 0 Å². The van der Waals surface area contributed by atoms with E-state index in [0.29, 0.717) is 17.4 Å². The normalized spacial score (nSPS) is 17.2. The number of benzene rings is 1. The van der Waals surface area contributed by atoms with Crippen molar-refractivity contribution < 1.29 is 4.74 Å². The molecular formula is C20H24N4O. The summed E-state index contributed by atoms with van der Waals surface area (Å²) in [6.45, 7) is 10.6. The maximum atomic E-state index is 9.69. The van der Waals surface area contributed by atoms with Crippen molar-refractivity contribution in [3.05, 3.63) is 58.1 Å². The van der Waals surface area contributed by atoms with Crippen LogP contribution in [-0.2, 0) is 5.41 Å². The van der Waals surface area contributed by atoms with Crippen LogP contribution in [0.15, 0.2) is 35.7 Å². The Hall–Kier alpha value is -2.74. The highest BCUT2D eigenvalue weighted by molar-refractivity contribution is 5.56. The van der Waals surface area contributed by atoms with Gasteiger partial charge in [0.15, 0.2) is 0 Å². The average molecular weight is 336 g/mol. The number of hydrogen-bond acceptors (Lipinski definition) is 4. The summed E-state index contributed by atoms with van der Waals surface area (Å²) in [7, 11) is 0. The maximum absolute atomic E-state index is 9.69. The number of aromatic nitrogens is 2. The number of allylic oxidation sites excluding steroid dienone is 1. The van der Waals surface area contributed by atoms with Crippen LogP contribution in [0.25, 0.3) is 0 Å². The van der Waals surface area contributed by atoms with Crippen molar-refractivity contribution in [3.63, 3.8) is 0 Å². The summed E-state index contributed by atoms with van der Waals surface area (Å²) in [5.74, 6) is 0.761. The zero-order valence-electron chi connectivity index (χ0n) is 15.3. The summed E-state index contributed by atoms with van der Waals surface area (Å²) < 4.78 is 5.62. The van der Waals surface area contributed by atoms with Crippen LogP contribution in [0, 0.1) is 11.3 Å². The standard InChI is InChI=1S/C20H24N4O/c1-11(2)12-6-8-13(9-7-12)15-14(10-21)18(22)25-19-16(15)17(23-24-19)20(3,4)5/h6-9,11,15H,22H2,1-5H3,(H,23,24). The fourth-order valence-corrected chi connectivity index (χ4v) is 3.22. The Bertz CT molecular complexity index is 861. The second-order valence-electron chi connectivity index (χ2n) is 7.81. The van der Waals surface area contributed by atoms with E-state index >= 15 is 0 Å². The fourth-order valence-electron chi connectivity index (χ4n) is 3.22. The van der Waals surface area contributed by atoms with Crippen molar-refractivity contribution in [2.45, 2.75) is 51.9 Å². The lowest BCUT2D eigenvalue weighted by Gasteiger charge is -2.27. The Kier molecular flexibility index (Phi) is 4.08. The molecule has 0 spiro atoms. The lowest BCUT2D eigenvalue weighted by atomic mass is 9.78. The van der Waals surface area contributed by atoms with E-state index in [1.165, 1.54) is 5.56 Å². The fraction of sp³-hybridized carbons (Fsp3) is 0.400. The van der Waals surface area contributed by atoms with Crippen LogP contribution in [0.5, 0.6) is 5.88 Å². The minimum Gasteiger partial charge on any atom is -0.420 e. The van der Waals surface area contributed by atoms with E-state index in [1.54, 1.807) is 0 Å². The number of nitrogens with zero attached hydrogens (tertiary/aromatic N) is 2. The number of hydrogen-bond donors (Lipinski definition) is 2. The second-order valence-corrected chi connectivity index (χ2v) is 7.81. The molecule has 1 aliphatic rings. The van der Waals surface area contributed by atoms with Crippen molar-refractivity contribution in [3.8, 4) is 11.9 Å². The third-order valence-electron chi connectivity index (χ3n) is 4.63. The molecule has 0 aliphatic carbocycles. The van der Waals surface area contributed by atoms with Crippen LogP contribution >= 0.6 is 0 Å². The van der Waals surface area contributed by atoms with Crippen molar-refractivity contribution >= 4 is 0 Å². The summed E-state index contributed by atoms with van der Waals surface area (Å²) in [4.78, 5) is 0. The number of rotatable bonds is 2. The van der Waals surface area contributed by atoms with E-state index in [2.05, 4.69) is 75.2 Å². The molecule has 3 N–H and O–H groups in total. The highest BCUT2D eigenvalue weighted by Crippen LogP contribution is 2.45. The smallest absolute Gasteiger partial charge is 0.244 e. The number of nitrogens with one attached hydrogen (secondary N) is 1. The molecule has 0 fully saturated rings. The first-order chi connectivity index (χ1) is 11.7. The number of ether oxygens (including phenoxy) is 1. The molecule has 0 bridgehead atoms. The van der Waals surface area contributed by atoms with Crippen molar-refractivity contribution in [1.82, 2.24) is 10.2 Å². The first kappa shape index (κ1) is 17.1. The summed E-state index contributed by atoms with van der Waals surface area (Å²) in [6, 6.07) is 10.6. The van der Waals surface area contributed by atoms with Gasteiger partial charge in [-0.1, -0.05) is 58.9 Å². The highest BCUT2D eigenvalue weighted by atomic mass is 16.5. The maximum Gasteiger partial charge on any atom is 0.244 e. The average Bonchev–Trinajstić information content (AvgIpc) is 2.97. The van der Waals surface area contributed by atoms with E-state index in [0.717, 1.165) is 16.8 Å². The molecule has 5 nitrogen and oxygen atoms in total. The number of aromatic amines is 1. The summed E-state index contributed by atoms with van der Waals surface area (Å²) in [5.41, 5.74) is 10.4. The molecule has 0 amide bonds. The quantitative estimate of drug-likeness (QED) is 0.866. The van der Waals surface area contributed by atoms with Crippen LogP contribution in [0.2, 0.25) is 0 Å². The number of fused-ring (bicyclic) bond motifs is 1. The molecule has 0 saturated heterocycles.